The first kappa shape index (κ1) is 14.0. The number of aromatic nitrogens is 2. The third-order valence-corrected chi connectivity index (χ3v) is 3.91. The summed E-state index contributed by atoms with van der Waals surface area (Å²) in [6.45, 7) is 2.92. The van der Waals surface area contributed by atoms with Gasteiger partial charge in [0.25, 0.3) is 0 Å². The van der Waals surface area contributed by atoms with Crippen LogP contribution in [0.1, 0.15) is 29.3 Å². The minimum Gasteiger partial charge on any atom is -0.288 e. The zero-order valence-electron chi connectivity index (χ0n) is 11.7. The molecule has 0 bridgehead atoms. The van der Waals surface area contributed by atoms with Crippen LogP contribution >= 0.6 is 15.9 Å². The third-order valence-electron chi connectivity index (χ3n) is 3.41. The molecule has 4 heteroatoms. The highest BCUT2D eigenvalue weighted by Crippen LogP contribution is 2.22. The van der Waals surface area contributed by atoms with Crippen molar-refractivity contribution < 1.29 is 4.79 Å². The second-order valence-electron chi connectivity index (χ2n) is 5.03. The van der Waals surface area contributed by atoms with Gasteiger partial charge in [0.1, 0.15) is 0 Å². The molecular formula is C17H15BrN2O. The monoisotopic (exact) mass is 342 g/mol. The Bertz CT molecular complexity index is 807. The van der Waals surface area contributed by atoms with Crippen LogP contribution in [0.5, 0.6) is 0 Å². The molecule has 0 fully saturated rings. The van der Waals surface area contributed by atoms with E-state index in [2.05, 4.69) is 28.0 Å². The van der Waals surface area contributed by atoms with Gasteiger partial charge in [-0.25, -0.2) is 0 Å². The predicted octanol–water partition coefficient (Wildman–Crippen LogP) is 4.44. The first-order chi connectivity index (χ1) is 10.2. The molecule has 0 N–H and O–H groups in total. The minimum absolute atomic E-state index is 0.0159. The maximum Gasteiger partial charge on any atom is 0.196 e. The molecule has 0 aliphatic carbocycles. The number of rotatable bonds is 4. The van der Waals surface area contributed by atoms with Crippen LogP contribution in [0.25, 0.3) is 10.8 Å². The van der Waals surface area contributed by atoms with E-state index in [1.807, 2.05) is 47.3 Å². The summed E-state index contributed by atoms with van der Waals surface area (Å²) in [6.07, 6.45) is 4.46. The van der Waals surface area contributed by atoms with E-state index in [0.29, 0.717) is 11.1 Å². The van der Waals surface area contributed by atoms with E-state index in [0.717, 1.165) is 28.2 Å². The van der Waals surface area contributed by atoms with Crippen LogP contribution in [0.4, 0.5) is 0 Å². The Labute approximate surface area is 131 Å². The number of nitrogens with zero attached hydrogens (tertiary/aromatic N) is 2. The normalized spacial score (nSPS) is 11.0. The SMILES string of the molecule is CCCn1cc(C(=O)c2ccc3cc(Br)ccc3c2)cn1. The van der Waals surface area contributed by atoms with Gasteiger partial charge in [-0.05, 0) is 35.4 Å². The Kier molecular flexibility index (Phi) is 3.88. The molecule has 0 atom stereocenters. The second-order valence-corrected chi connectivity index (χ2v) is 5.94. The summed E-state index contributed by atoms with van der Waals surface area (Å²) in [6, 6.07) is 11.8. The topological polar surface area (TPSA) is 34.9 Å². The van der Waals surface area contributed by atoms with Crippen molar-refractivity contribution in [1.82, 2.24) is 9.78 Å². The molecule has 106 valence electrons. The number of fused-ring (bicyclic) bond motifs is 1. The van der Waals surface area contributed by atoms with Gasteiger partial charge in [-0.2, -0.15) is 5.10 Å². The number of carbonyl (C=O) groups excluding carboxylic acids is 1. The third kappa shape index (κ3) is 2.90. The van der Waals surface area contributed by atoms with E-state index in [4.69, 9.17) is 0 Å². The zero-order valence-corrected chi connectivity index (χ0v) is 13.3. The molecule has 0 saturated carbocycles. The molecule has 1 heterocycles. The summed E-state index contributed by atoms with van der Waals surface area (Å²) in [7, 11) is 0. The number of halogens is 1. The van der Waals surface area contributed by atoms with Gasteiger partial charge < -0.3 is 0 Å². The first-order valence-electron chi connectivity index (χ1n) is 6.94. The Balaban J connectivity index is 1.95. The highest BCUT2D eigenvalue weighted by Gasteiger charge is 2.12. The Morgan fingerprint density at radius 2 is 1.90 bits per heavy atom. The van der Waals surface area contributed by atoms with E-state index in [9.17, 15) is 4.79 Å². The lowest BCUT2D eigenvalue weighted by Crippen LogP contribution is -2.00. The largest absolute Gasteiger partial charge is 0.288 e. The standard InChI is InChI=1S/C17H15BrN2O/c1-2-7-20-11-15(10-19-20)17(21)14-4-3-13-9-16(18)6-5-12(13)8-14/h3-6,8-11H,2,7H2,1H3. The molecule has 3 rings (SSSR count). The maximum atomic E-state index is 12.5. The van der Waals surface area contributed by atoms with Crippen LogP contribution in [0.2, 0.25) is 0 Å². The fourth-order valence-corrected chi connectivity index (χ4v) is 2.74. The van der Waals surface area contributed by atoms with Crippen molar-refractivity contribution in [3.63, 3.8) is 0 Å². The number of aryl methyl sites for hydroxylation is 1. The highest BCUT2D eigenvalue weighted by atomic mass is 79.9. The predicted molar refractivity (Wildman–Crippen MR) is 87.6 cm³/mol. The second kappa shape index (κ2) is 5.82. The summed E-state index contributed by atoms with van der Waals surface area (Å²) >= 11 is 3.46. The lowest BCUT2D eigenvalue weighted by Gasteiger charge is -2.02. The number of hydrogen-bond acceptors (Lipinski definition) is 2. The van der Waals surface area contributed by atoms with Crippen LogP contribution in [-0.4, -0.2) is 15.6 Å². The van der Waals surface area contributed by atoms with Gasteiger partial charge in [0.05, 0.1) is 11.8 Å². The van der Waals surface area contributed by atoms with Crippen molar-refractivity contribution in [2.75, 3.05) is 0 Å². The molecular weight excluding hydrogens is 328 g/mol. The average molecular weight is 343 g/mol. The fourth-order valence-electron chi connectivity index (χ4n) is 2.36. The van der Waals surface area contributed by atoms with Crippen LogP contribution in [0, 0.1) is 0 Å². The fraction of sp³-hybridized carbons (Fsp3) is 0.176. The first-order valence-corrected chi connectivity index (χ1v) is 7.73. The molecule has 0 aliphatic rings. The molecule has 1 aromatic heterocycles. The molecule has 3 aromatic rings. The lowest BCUT2D eigenvalue weighted by molar-refractivity contribution is 0.103. The number of benzene rings is 2. The van der Waals surface area contributed by atoms with E-state index in [1.165, 1.54) is 0 Å². The summed E-state index contributed by atoms with van der Waals surface area (Å²) in [5, 5.41) is 6.39. The summed E-state index contributed by atoms with van der Waals surface area (Å²) < 4.78 is 2.85. The number of carbonyl (C=O) groups is 1. The maximum absolute atomic E-state index is 12.5. The van der Waals surface area contributed by atoms with Crippen molar-refractivity contribution in [2.24, 2.45) is 0 Å². The van der Waals surface area contributed by atoms with E-state index in [-0.39, 0.29) is 5.78 Å². The Morgan fingerprint density at radius 3 is 2.71 bits per heavy atom. The van der Waals surface area contributed by atoms with Crippen molar-refractivity contribution >= 4 is 32.5 Å². The summed E-state index contributed by atoms with van der Waals surface area (Å²) in [4.78, 5) is 12.5. The van der Waals surface area contributed by atoms with Crippen molar-refractivity contribution in [3.05, 3.63) is 64.4 Å². The van der Waals surface area contributed by atoms with E-state index in [1.54, 1.807) is 6.20 Å². The Hall–Kier alpha value is -1.94. The van der Waals surface area contributed by atoms with Crippen LogP contribution in [-0.2, 0) is 6.54 Å². The van der Waals surface area contributed by atoms with Gasteiger partial charge in [0.15, 0.2) is 5.78 Å². The van der Waals surface area contributed by atoms with Crippen molar-refractivity contribution in [1.29, 1.82) is 0 Å². The minimum atomic E-state index is 0.0159. The molecule has 0 spiro atoms. The Morgan fingerprint density at radius 1 is 1.14 bits per heavy atom. The smallest absolute Gasteiger partial charge is 0.196 e. The molecule has 2 aromatic carbocycles. The zero-order chi connectivity index (χ0) is 14.8. The average Bonchev–Trinajstić information content (AvgIpc) is 2.95. The number of ketones is 1. The van der Waals surface area contributed by atoms with Crippen molar-refractivity contribution in [2.45, 2.75) is 19.9 Å². The van der Waals surface area contributed by atoms with Crippen molar-refractivity contribution in [3.8, 4) is 0 Å². The molecule has 0 radical (unpaired) electrons. The molecule has 0 unspecified atom stereocenters. The summed E-state index contributed by atoms with van der Waals surface area (Å²) in [5.74, 6) is 0.0159. The van der Waals surface area contributed by atoms with Gasteiger partial charge in [-0.15, -0.1) is 0 Å². The van der Waals surface area contributed by atoms with E-state index >= 15 is 0 Å². The van der Waals surface area contributed by atoms with Gasteiger partial charge in [0, 0.05) is 22.8 Å². The van der Waals surface area contributed by atoms with Gasteiger partial charge in [-0.1, -0.05) is 41.1 Å². The number of hydrogen-bond donors (Lipinski definition) is 0. The van der Waals surface area contributed by atoms with Gasteiger partial charge in [-0.3, -0.25) is 9.48 Å². The molecule has 0 amide bonds. The van der Waals surface area contributed by atoms with E-state index < -0.39 is 0 Å². The lowest BCUT2D eigenvalue weighted by atomic mass is 10.0. The van der Waals surface area contributed by atoms with Gasteiger partial charge in [0.2, 0.25) is 0 Å². The highest BCUT2D eigenvalue weighted by molar-refractivity contribution is 9.10. The van der Waals surface area contributed by atoms with Crippen LogP contribution < -0.4 is 0 Å². The van der Waals surface area contributed by atoms with Gasteiger partial charge >= 0.3 is 0 Å². The molecule has 0 saturated heterocycles. The quantitative estimate of drug-likeness (QED) is 0.657. The van der Waals surface area contributed by atoms with Crippen LogP contribution in [0.3, 0.4) is 0 Å². The summed E-state index contributed by atoms with van der Waals surface area (Å²) in [5.41, 5.74) is 1.33. The molecule has 3 nitrogen and oxygen atoms in total. The van der Waals surface area contributed by atoms with Crippen LogP contribution in [0.15, 0.2) is 53.3 Å². The molecule has 21 heavy (non-hydrogen) atoms. The molecule has 0 aliphatic heterocycles.